The van der Waals surface area contributed by atoms with E-state index in [1.807, 2.05) is 31.2 Å². The van der Waals surface area contributed by atoms with E-state index in [0.717, 1.165) is 41.9 Å². The molecule has 1 aliphatic heterocycles. The Morgan fingerprint density at radius 2 is 1.43 bits per heavy atom. The van der Waals surface area contributed by atoms with Gasteiger partial charge in [0.15, 0.2) is 25.6 Å². The summed E-state index contributed by atoms with van der Waals surface area (Å²) in [6.07, 6.45) is -1.92. The predicted molar refractivity (Wildman–Crippen MR) is 254 cm³/mol. The molecule has 1 atom stereocenters. The third-order valence-electron chi connectivity index (χ3n) is 9.51. The van der Waals surface area contributed by atoms with E-state index in [-0.39, 0.29) is 61.4 Å². The molecule has 24 heteroatoms. The molecule has 5 aromatic rings. The van der Waals surface area contributed by atoms with Crippen LogP contribution in [0.4, 0.5) is 18.2 Å². The highest BCUT2D eigenvalue weighted by Gasteiger charge is 2.32. The molecule has 70 heavy (non-hydrogen) atoms. The molecule has 5 amide bonds. The van der Waals surface area contributed by atoms with Gasteiger partial charge < -0.3 is 50.7 Å². The molecule has 6 N–H and O–H groups in total. The highest BCUT2D eigenvalue weighted by molar-refractivity contribution is 7.16. The van der Waals surface area contributed by atoms with E-state index in [1.54, 1.807) is 36.8 Å². The molecule has 3 aromatic carbocycles. The number of methoxy groups -OCH3 is 1. The van der Waals surface area contributed by atoms with Crippen LogP contribution in [-0.4, -0.2) is 79.0 Å². The van der Waals surface area contributed by atoms with Gasteiger partial charge in [-0.2, -0.15) is 0 Å². The number of para-hydroxylation sites is 1. The van der Waals surface area contributed by atoms with Gasteiger partial charge in [0.25, 0.3) is 29.5 Å². The summed E-state index contributed by atoms with van der Waals surface area (Å²) < 4.78 is 61.8. The lowest BCUT2D eigenvalue weighted by atomic mass is 10.0. The van der Waals surface area contributed by atoms with Crippen molar-refractivity contribution in [2.24, 2.45) is 11.7 Å². The molecule has 0 aliphatic carbocycles. The number of alkyl halides is 3. The molecule has 0 fully saturated rings. The SMILES string of the molecule is CC(C)CCC(C)NC(=O)c1nc(CNC(=O)COc2ccc(OC(F)(F)F)cc2)sc1N1COC=C1C(N)=O.COc1ccccc1CNC(=O)c1csc(CNC(=O)COc2ccc(Cl)cc2)n1. The predicted octanol–water partition coefficient (Wildman–Crippen LogP) is 6.84. The second kappa shape index (κ2) is 26.0. The number of benzene rings is 3. The maximum atomic E-state index is 13.1. The van der Waals surface area contributed by atoms with Crippen LogP contribution in [0.1, 0.15) is 70.2 Å². The molecule has 6 rings (SSSR count). The number of primary amides is 1. The number of hydrogen-bond acceptors (Lipinski definition) is 15. The van der Waals surface area contributed by atoms with Crippen LogP contribution in [0, 0.1) is 5.92 Å². The van der Waals surface area contributed by atoms with Crippen molar-refractivity contribution < 1.29 is 60.8 Å². The largest absolute Gasteiger partial charge is 0.573 e. The van der Waals surface area contributed by atoms with Crippen molar-refractivity contribution in [1.82, 2.24) is 31.2 Å². The first-order valence-electron chi connectivity index (χ1n) is 21.3. The van der Waals surface area contributed by atoms with Crippen LogP contribution in [-0.2, 0) is 38.8 Å². The highest BCUT2D eigenvalue weighted by Crippen LogP contribution is 2.34. The fourth-order valence-corrected chi connectivity index (χ4v) is 7.86. The molecule has 0 spiro atoms. The number of carbonyl (C=O) groups is 5. The summed E-state index contributed by atoms with van der Waals surface area (Å²) in [5.41, 5.74) is 6.74. The summed E-state index contributed by atoms with van der Waals surface area (Å²) in [4.78, 5) is 71.7. The molecule has 2 aromatic heterocycles. The fourth-order valence-electron chi connectivity index (χ4n) is 6.02. The number of anilines is 1. The number of halogens is 4. The number of amides is 5. The molecular formula is C46H50ClF3N8O10S2. The van der Waals surface area contributed by atoms with Gasteiger partial charge in [-0.15, -0.1) is 24.5 Å². The second-order valence-electron chi connectivity index (χ2n) is 15.4. The number of hydrogen-bond donors (Lipinski definition) is 5. The third-order valence-corrected chi connectivity index (χ3v) is 11.7. The maximum absolute atomic E-state index is 13.1. The van der Waals surface area contributed by atoms with E-state index in [1.165, 1.54) is 34.6 Å². The van der Waals surface area contributed by atoms with Crippen LogP contribution in [0.3, 0.4) is 0 Å². The minimum absolute atomic E-state index is 0.0455. The van der Waals surface area contributed by atoms with Gasteiger partial charge in [0.2, 0.25) is 0 Å². The van der Waals surface area contributed by atoms with Crippen LogP contribution in [0.2, 0.25) is 5.02 Å². The zero-order valence-electron chi connectivity index (χ0n) is 38.2. The summed E-state index contributed by atoms with van der Waals surface area (Å²) in [5.74, 6) is -0.836. The first-order valence-corrected chi connectivity index (χ1v) is 23.4. The van der Waals surface area contributed by atoms with Gasteiger partial charge in [0.1, 0.15) is 55.7 Å². The molecule has 0 saturated carbocycles. The number of carbonyl (C=O) groups excluding carboxylic acids is 5. The first-order chi connectivity index (χ1) is 33.4. The summed E-state index contributed by atoms with van der Waals surface area (Å²) in [7, 11) is 1.59. The Morgan fingerprint density at radius 1 is 0.814 bits per heavy atom. The van der Waals surface area contributed by atoms with Crippen LogP contribution < -0.4 is 50.8 Å². The van der Waals surface area contributed by atoms with Crippen molar-refractivity contribution in [1.29, 1.82) is 0 Å². The summed E-state index contributed by atoms with van der Waals surface area (Å²) >= 11 is 8.18. The van der Waals surface area contributed by atoms with Gasteiger partial charge in [-0.1, -0.05) is 55.0 Å². The number of nitrogens with zero attached hydrogens (tertiary/aromatic N) is 3. The van der Waals surface area contributed by atoms with Crippen molar-refractivity contribution in [2.75, 3.05) is 32.0 Å². The van der Waals surface area contributed by atoms with Gasteiger partial charge >= 0.3 is 6.36 Å². The minimum atomic E-state index is -4.82. The highest BCUT2D eigenvalue weighted by atomic mass is 35.5. The molecule has 0 radical (unpaired) electrons. The average molecular weight is 1030 g/mol. The topological polar surface area (TPSA) is 235 Å². The first kappa shape index (κ1) is 53.8. The molecule has 3 heterocycles. The molecule has 18 nitrogen and oxygen atoms in total. The van der Waals surface area contributed by atoms with Gasteiger partial charge in [-0.25, -0.2) is 9.97 Å². The Balaban J connectivity index is 0.000000271. The normalized spacial score (nSPS) is 12.4. The van der Waals surface area contributed by atoms with E-state index in [9.17, 15) is 37.1 Å². The summed E-state index contributed by atoms with van der Waals surface area (Å²) in [6, 6.07) is 18.7. The van der Waals surface area contributed by atoms with Crippen LogP contribution >= 0.6 is 34.3 Å². The number of nitrogens with two attached hydrogens (primary N) is 1. The minimum Gasteiger partial charge on any atom is -0.496 e. The van der Waals surface area contributed by atoms with Crippen molar-refractivity contribution in [3.63, 3.8) is 0 Å². The average Bonchev–Trinajstić information content (AvgIpc) is 4.12. The smallest absolute Gasteiger partial charge is 0.496 e. The van der Waals surface area contributed by atoms with Crippen molar-refractivity contribution >= 4 is 68.8 Å². The Morgan fingerprint density at radius 3 is 2.04 bits per heavy atom. The zero-order chi connectivity index (χ0) is 50.8. The second-order valence-corrected chi connectivity index (χ2v) is 17.9. The number of aromatic nitrogens is 2. The van der Waals surface area contributed by atoms with Crippen LogP contribution in [0.15, 0.2) is 90.1 Å². The van der Waals surface area contributed by atoms with E-state index >= 15 is 0 Å². The lowest BCUT2D eigenvalue weighted by molar-refractivity contribution is -0.274. The zero-order valence-corrected chi connectivity index (χ0v) is 40.6. The maximum Gasteiger partial charge on any atom is 0.573 e. The standard InChI is InChI=1S/C25H30F3N5O6S.C21H20ClN3O4S/c1-14(2)4-5-15(3)31-23(36)21-24(33-13-37-11-18(33)22(29)35)40-20(32-21)10-30-19(34)12-38-16-6-8-17(9-7-16)39-25(26,27)28;1-28-18-5-3-2-4-14(18)10-24-21(27)17-13-30-20(25-17)11-23-19(26)12-29-16-8-6-15(22)7-9-16/h6-9,11,14-15H,4-5,10,12-13H2,1-3H3,(H2,29,35)(H,30,34)(H,31,36);2-9,13H,10-12H2,1H3,(H,23,26)(H,24,27). The summed E-state index contributed by atoms with van der Waals surface area (Å²) in [5, 5.41) is 14.6. The van der Waals surface area contributed by atoms with Gasteiger partial charge in [0, 0.05) is 28.6 Å². The molecule has 1 aliphatic rings. The number of thiazole rings is 2. The Hall–Kier alpha value is -7.11. The molecular weight excluding hydrogens is 981 g/mol. The number of ether oxygens (including phenoxy) is 5. The fraction of sp³-hybridized carbons (Fsp3) is 0.326. The lowest BCUT2D eigenvalue weighted by Gasteiger charge is -2.18. The van der Waals surface area contributed by atoms with Crippen LogP contribution in [0.25, 0.3) is 0 Å². The number of rotatable bonds is 22. The van der Waals surface area contributed by atoms with Crippen molar-refractivity contribution in [2.45, 2.75) is 65.7 Å². The quantitative estimate of drug-likeness (QED) is 0.0478. The van der Waals surface area contributed by atoms with Crippen LogP contribution in [0.5, 0.6) is 23.0 Å². The lowest BCUT2D eigenvalue weighted by Crippen LogP contribution is -2.35. The molecule has 1 unspecified atom stereocenters. The van der Waals surface area contributed by atoms with Gasteiger partial charge in [-0.3, -0.25) is 28.9 Å². The Kier molecular flexibility index (Phi) is 20.0. The monoisotopic (exact) mass is 1030 g/mol. The van der Waals surface area contributed by atoms with Crippen molar-refractivity contribution in [3.05, 3.63) is 122 Å². The molecule has 0 bridgehead atoms. The number of nitrogens with one attached hydrogen (secondary N) is 4. The van der Waals surface area contributed by atoms with E-state index in [4.69, 9.17) is 36.3 Å². The van der Waals surface area contributed by atoms with E-state index < -0.39 is 36.4 Å². The third kappa shape index (κ3) is 17.4. The van der Waals surface area contributed by atoms with E-state index in [0.29, 0.717) is 49.7 Å². The van der Waals surface area contributed by atoms with Crippen molar-refractivity contribution in [3.8, 4) is 23.0 Å². The van der Waals surface area contributed by atoms with E-state index in [2.05, 4.69) is 49.8 Å². The Bertz CT molecular complexity index is 2600. The summed E-state index contributed by atoms with van der Waals surface area (Å²) in [6.45, 7) is 5.96. The molecule has 0 saturated heterocycles. The Labute approximate surface area is 413 Å². The van der Waals surface area contributed by atoms with Gasteiger partial charge in [-0.05, 0) is 80.3 Å². The van der Waals surface area contributed by atoms with Gasteiger partial charge in [0.05, 0.1) is 20.2 Å². The molecule has 374 valence electrons.